The van der Waals surface area contributed by atoms with Crippen molar-refractivity contribution in [3.05, 3.63) is 63.6 Å². The van der Waals surface area contributed by atoms with E-state index in [4.69, 9.17) is 17.3 Å². The molecule has 0 radical (unpaired) electrons. The van der Waals surface area contributed by atoms with Crippen LogP contribution >= 0.6 is 27.5 Å². The van der Waals surface area contributed by atoms with Gasteiger partial charge in [-0.25, -0.2) is 0 Å². The van der Waals surface area contributed by atoms with E-state index in [9.17, 15) is 4.79 Å². The monoisotopic (exact) mass is 352 g/mol. The number of carbonyl (C=O) groups excluding carboxylic acids is 1. The number of anilines is 1. The molecule has 0 aromatic heterocycles. The van der Waals surface area contributed by atoms with E-state index in [1.54, 1.807) is 25.1 Å². The second kappa shape index (κ2) is 5.95. The SMILES string of the molecule is CC(N)(C(=O)Nc1cc(Br)ccc1Cl)c1ccccc1. The predicted octanol–water partition coefficient (Wildman–Crippen LogP) is 3.92. The first-order chi connectivity index (χ1) is 9.41. The molecule has 0 fully saturated rings. The van der Waals surface area contributed by atoms with Crippen molar-refractivity contribution >= 4 is 39.1 Å². The summed E-state index contributed by atoms with van der Waals surface area (Å²) in [7, 11) is 0. The van der Waals surface area contributed by atoms with Crippen LogP contribution in [0.2, 0.25) is 5.02 Å². The minimum atomic E-state index is -1.13. The number of benzene rings is 2. The molecule has 3 nitrogen and oxygen atoms in total. The highest BCUT2D eigenvalue weighted by Gasteiger charge is 2.30. The number of halogens is 2. The zero-order chi connectivity index (χ0) is 14.8. The summed E-state index contributed by atoms with van der Waals surface area (Å²) in [5, 5.41) is 3.23. The summed E-state index contributed by atoms with van der Waals surface area (Å²) in [6.45, 7) is 1.67. The quantitative estimate of drug-likeness (QED) is 0.879. The first-order valence-electron chi connectivity index (χ1n) is 6.02. The van der Waals surface area contributed by atoms with Crippen LogP contribution in [0.1, 0.15) is 12.5 Å². The molecule has 0 aliphatic rings. The van der Waals surface area contributed by atoms with Gasteiger partial charge in [0, 0.05) is 4.47 Å². The molecule has 1 amide bonds. The highest BCUT2D eigenvalue weighted by atomic mass is 79.9. The average molecular weight is 354 g/mol. The molecule has 0 aliphatic heterocycles. The summed E-state index contributed by atoms with van der Waals surface area (Å²) >= 11 is 9.40. The number of rotatable bonds is 3. The van der Waals surface area contributed by atoms with Crippen LogP contribution in [0.25, 0.3) is 0 Å². The minimum absolute atomic E-state index is 0.316. The molecule has 1 atom stereocenters. The van der Waals surface area contributed by atoms with E-state index in [2.05, 4.69) is 21.2 Å². The highest BCUT2D eigenvalue weighted by molar-refractivity contribution is 9.10. The van der Waals surface area contributed by atoms with Crippen LogP contribution in [0.5, 0.6) is 0 Å². The van der Waals surface area contributed by atoms with Crippen LogP contribution < -0.4 is 11.1 Å². The molecular weight excluding hydrogens is 340 g/mol. The molecule has 2 aromatic carbocycles. The molecule has 0 saturated carbocycles. The van der Waals surface area contributed by atoms with Gasteiger partial charge in [0.1, 0.15) is 5.54 Å². The second-order valence-corrected chi connectivity index (χ2v) is 5.97. The van der Waals surface area contributed by atoms with E-state index < -0.39 is 5.54 Å². The summed E-state index contributed by atoms with van der Waals surface area (Å²) < 4.78 is 0.829. The van der Waals surface area contributed by atoms with Crippen molar-refractivity contribution in [1.82, 2.24) is 0 Å². The van der Waals surface area contributed by atoms with Crippen molar-refractivity contribution in [2.24, 2.45) is 5.73 Å². The van der Waals surface area contributed by atoms with Gasteiger partial charge in [0.15, 0.2) is 0 Å². The lowest BCUT2D eigenvalue weighted by atomic mass is 9.92. The molecule has 2 aromatic rings. The van der Waals surface area contributed by atoms with Gasteiger partial charge in [-0.2, -0.15) is 0 Å². The Bertz CT molecular complexity index is 629. The number of carbonyl (C=O) groups is 1. The number of hydrogen-bond donors (Lipinski definition) is 2. The van der Waals surface area contributed by atoms with Crippen molar-refractivity contribution in [1.29, 1.82) is 0 Å². The molecule has 104 valence electrons. The van der Waals surface area contributed by atoms with Gasteiger partial charge in [-0.3, -0.25) is 4.79 Å². The third-order valence-corrected chi connectivity index (χ3v) is 3.84. The fourth-order valence-electron chi connectivity index (χ4n) is 1.76. The molecule has 0 bridgehead atoms. The maximum absolute atomic E-state index is 12.4. The minimum Gasteiger partial charge on any atom is -0.323 e. The molecule has 0 spiro atoms. The third-order valence-electron chi connectivity index (χ3n) is 3.02. The van der Waals surface area contributed by atoms with Crippen LogP contribution in [0, 0.1) is 0 Å². The number of nitrogens with one attached hydrogen (secondary N) is 1. The van der Waals surface area contributed by atoms with Gasteiger partial charge in [0.25, 0.3) is 0 Å². The van der Waals surface area contributed by atoms with Crippen molar-refractivity contribution in [2.75, 3.05) is 5.32 Å². The smallest absolute Gasteiger partial charge is 0.248 e. The lowest BCUT2D eigenvalue weighted by Crippen LogP contribution is -2.45. The molecular formula is C15H14BrClN2O. The Morgan fingerprint density at radius 1 is 1.25 bits per heavy atom. The van der Waals surface area contributed by atoms with Gasteiger partial charge < -0.3 is 11.1 Å². The average Bonchev–Trinajstić information content (AvgIpc) is 2.43. The summed E-state index contributed by atoms with van der Waals surface area (Å²) in [4.78, 5) is 12.4. The molecule has 20 heavy (non-hydrogen) atoms. The van der Waals surface area contributed by atoms with Gasteiger partial charge in [-0.05, 0) is 30.7 Å². The van der Waals surface area contributed by atoms with Crippen LogP contribution in [-0.2, 0) is 10.3 Å². The maximum Gasteiger partial charge on any atom is 0.248 e. The molecule has 0 aliphatic carbocycles. The second-order valence-electron chi connectivity index (χ2n) is 4.65. The zero-order valence-corrected chi connectivity index (χ0v) is 13.2. The lowest BCUT2D eigenvalue weighted by molar-refractivity contribution is -0.120. The van der Waals surface area contributed by atoms with E-state index in [0.29, 0.717) is 10.7 Å². The van der Waals surface area contributed by atoms with Crippen LogP contribution in [0.15, 0.2) is 53.0 Å². The standard InChI is InChI=1S/C15H14BrClN2O/c1-15(18,10-5-3-2-4-6-10)14(20)19-13-9-11(16)7-8-12(13)17/h2-9H,18H2,1H3,(H,19,20). The Morgan fingerprint density at radius 2 is 1.90 bits per heavy atom. The highest BCUT2D eigenvalue weighted by Crippen LogP contribution is 2.27. The Kier molecular flexibility index (Phi) is 4.48. The Balaban J connectivity index is 2.26. The van der Waals surface area contributed by atoms with E-state index in [0.717, 1.165) is 10.0 Å². The molecule has 0 heterocycles. The molecule has 3 N–H and O–H groups in total. The normalized spacial score (nSPS) is 13.6. The van der Waals surface area contributed by atoms with E-state index >= 15 is 0 Å². The molecule has 5 heteroatoms. The summed E-state index contributed by atoms with van der Waals surface area (Å²) in [6.07, 6.45) is 0. The fraction of sp³-hybridized carbons (Fsp3) is 0.133. The van der Waals surface area contributed by atoms with Crippen molar-refractivity contribution in [3.8, 4) is 0 Å². The van der Waals surface area contributed by atoms with Crippen LogP contribution in [0.3, 0.4) is 0 Å². The van der Waals surface area contributed by atoms with Gasteiger partial charge >= 0.3 is 0 Å². The topological polar surface area (TPSA) is 55.1 Å². The van der Waals surface area contributed by atoms with E-state index in [1.807, 2.05) is 30.3 Å². The van der Waals surface area contributed by atoms with Crippen LogP contribution in [0.4, 0.5) is 5.69 Å². The van der Waals surface area contributed by atoms with Crippen molar-refractivity contribution in [3.63, 3.8) is 0 Å². The largest absolute Gasteiger partial charge is 0.323 e. The van der Waals surface area contributed by atoms with Gasteiger partial charge in [0.2, 0.25) is 5.91 Å². The van der Waals surface area contributed by atoms with Crippen molar-refractivity contribution in [2.45, 2.75) is 12.5 Å². The summed E-state index contributed by atoms with van der Waals surface area (Å²) in [5.74, 6) is -0.316. The summed E-state index contributed by atoms with van der Waals surface area (Å²) in [5.41, 5.74) is 6.28. The lowest BCUT2D eigenvalue weighted by Gasteiger charge is -2.24. The Hall–Kier alpha value is -1.36. The van der Waals surface area contributed by atoms with E-state index in [1.165, 1.54) is 0 Å². The first kappa shape index (κ1) is 15.0. The zero-order valence-electron chi connectivity index (χ0n) is 10.9. The molecule has 0 saturated heterocycles. The van der Waals surface area contributed by atoms with Gasteiger partial charge in [-0.1, -0.05) is 57.9 Å². The van der Waals surface area contributed by atoms with Crippen LogP contribution in [-0.4, -0.2) is 5.91 Å². The van der Waals surface area contributed by atoms with Gasteiger partial charge in [0.05, 0.1) is 10.7 Å². The molecule has 1 unspecified atom stereocenters. The van der Waals surface area contributed by atoms with E-state index in [-0.39, 0.29) is 5.91 Å². The fourth-order valence-corrected chi connectivity index (χ4v) is 2.29. The third kappa shape index (κ3) is 3.20. The Morgan fingerprint density at radius 3 is 2.55 bits per heavy atom. The molecule has 2 rings (SSSR count). The summed E-state index contributed by atoms with van der Waals surface area (Å²) in [6, 6.07) is 14.5. The maximum atomic E-state index is 12.4. The number of amides is 1. The predicted molar refractivity (Wildman–Crippen MR) is 85.8 cm³/mol. The first-order valence-corrected chi connectivity index (χ1v) is 7.19. The Labute approximate surface area is 131 Å². The van der Waals surface area contributed by atoms with Gasteiger partial charge in [-0.15, -0.1) is 0 Å². The number of nitrogens with two attached hydrogens (primary N) is 1. The van der Waals surface area contributed by atoms with Crippen molar-refractivity contribution < 1.29 is 4.79 Å². The number of hydrogen-bond acceptors (Lipinski definition) is 2.